The topological polar surface area (TPSA) is 48.3 Å². The predicted molar refractivity (Wildman–Crippen MR) is 84.7 cm³/mol. The van der Waals surface area contributed by atoms with Crippen LogP contribution in [-0.2, 0) is 7.05 Å². The molecule has 110 valence electrons. The summed E-state index contributed by atoms with van der Waals surface area (Å²) in [5.74, 6) is 0.507. The maximum atomic E-state index is 12.8. The van der Waals surface area contributed by atoms with Crippen molar-refractivity contribution in [3.8, 4) is 5.75 Å². The highest BCUT2D eigenvalue weighted by atomic mass is 16.5. The van der Waals surface area contributed by atoms with Gasteiger partial charge in [-0.05, 0) is 30.3 Å². The highest BCUT2D eigenvalue weighted by molar-refractivity contribution is 6.17. The Hall–Kier alpha value is -2.88. The number of rotatable bonds is 4. The number of carbonyl (C=O) groups excluding carboxylic acids is 2. The first kappa shape index (κ1) is 14.1. The molecule has 0 aliphatic carbocycles. The molecule has 1 aromatic heterocycles. The van der Waals surface area contributed by atoms with Gasteiger partial charge < -0.3 is 9.30 Å². The molecule has 0 saturated carbocycles. The van der Waals surface area contributed by atoms with Crippen LogP contribution in [-0.4, -0.2) is 23.7 Å². The van der Waals surface area contributed by atoms with Gasteiger partial charge in [-0.2, -0.15) is 0 Å². The maximum Gasteiger partial charge on any atom is 0.210 e. The minimum Gasteiger partial charge on any atom is -0.497 e. The van der Waals surface area contributed by atoms with Gasteiger partial charge in [0.25, 0.3) is 0 Å². The van der Waals surface area contributed by atoms with Gasteiger partial charge in [0, 0.05) is 23.5 Å². The summed E-state index contributed by atoms with van der Waals surface area (Å²) in [6, 6.07) is 14.4. The van der Waals surface area contributed by atoms with Crippen LogP contribution in [0.2, 0.25) is 0 Å². The molecule has 0 atom stereocenters. The van der Waals surface area contributed by atoms with Crippen LogP contribution < -0.4 is 4.74 Å². The van der Waals surface area contributed by atoms with Crippen LogP contribution in [0.25, 0.3) is 10.9 Å². The minimum atomic E-state index is -0.177. The summed E-state index contributed by atoms with van der Waals surface area (Å²) in [5, 5.41) is 0.789. The summed E-state index contributed by atoms with van der Waals surface area (Å²) in [6.45, 7) is 0. The summed E-state index contributed by atoms with van der Waals surface area (Å²) < 4.78 is 6.87. The Morgan fingerprint density at radius 3 is 2.41 bits per heavy atom. The van der Waals surface area contributed by atoms with Crippen molar-refractivity contribution >= 4 is 23.0 Å². The summed E-state index contributed by atoms with van der Waals surface area (Å²) >= 11 is 0. The molecule has 0 spiro atoms. The van der Waals surface area contributed by atoms with Crippen LogP contribution in [0.3, 0.4) is 0 Å². The smallest absolute Gasteiger partial charge is 0.210 e. The third kappa shape index (κ3) is 2.09. The first-order valence-corrected chi connectivity index (χ1v) is 6.88. The van der Waals surface area contributed by atoms with Crippen molar-refractivity contribution in [3.05, 3.63) is 65.4 Å². The Balaban J connectivity index is 2.18. The van der Waals surface area contributed by atoms with Crippen LogP contribution in [0.4, 0.5) is 0 Å². The van der Waals surface area contributed by atoms with Crippen LogP contribution in [0.1, 0.15) is 26.4 Å². The van der Waals surface area contributed by atoms with Crippen LogP contribution >= 0.6 is 0 Å². The van der Waals surface area contributed by atoms with Crippen molar-refractivity contribution in [1.82, 2.24) is 4.57 Å². The number of ketones is 1. The Labute approximate surface area is 127 Å². The number of aldehydes is 1. The second kappa shape index (κ2) is 5.48. The van der Waals surface area contributed by atoms with Gasteiger partial charge in [0.15, 0.2) is 6.29 Å². The minimum absolute atomic E-state index is 0.177. The normalized spacial score (nSPS) is 10.6. The number of ether oxygens (including phenoxy) is 1. The van der Waals surface area contributed by atoms with E-state index in [1.807, 2.05) is 24.3 Å². The highest BCUT2D eigenvalue weighted by Crippen LogP contribution is 2.26. The molecule has 0 saturated heterocycles. The Bertz CT molecular complexity index is 860. The van der Waals surface area contributed by atoms with Crippen LogP contribution in [0, 0.1) is 0 Å². The predicted octanol–water partition coefficient (Wildman–Crippen LogP) is 3.23. The average Bonchev–Trinajstić information content (AvgIpc) is 2.87. The number of nitrogens with zero attached hydrogens (tertiary/aromatic N) is 1. The molecule has 3 rings (SSSR count). The molecule has 0 fully saturated rings. The van der Waals surface area contributed by atoms with E-state index in [-0.39, 0.29) is 5.78 Å². The number of aromatic nitrogens is 1. The first-order valence-electron chi connectivity index (χ1n) is 6.88. The number of methoxy groups -OCH3 is 1. The molecule has 1 heterocycles. The summed E-state index contributed by atoms with van der Waals surface area (Å²) in [6.07, 6.45) is 0.749. The number of benzene rings is 2. The molecule has 0 aliphatic heterocycles. The molecule has 0 radical (unpaired) electrons. The third-order valence-corrected chi connectivity index (χ3v) is 3.83. The molecule has 4 heteroatoms. The summed E-state index contributed by atoms with van der Waals surface area (Å²) in [7, 11) is 3.37. The molecule has 22 heavy (non-hydrogen) atoms. The second-order valence-electron chi connectivity index (χ2n) is 5.01. The fraction of sp³-hybridized carbons (Fsp3) is 0.111. The molecule has 0 N–H and O–H groups in total. The third-order valence-electron chi connectivity index (χ3n) is 3.83. The molecule has 0 bridgehead atoms. The molecule has 3 aromatic rings. The van der Waals surface area contributed by atoms with E-state index in [1.54, 1.807) is 43.0 Å². The van der Waals surface area contributed by atoms with Crippen LogP contribution in [0.5, 0.6) is 5.75 Å². The maximum absolute atomic E-state index is 12.8. The van der Waals surface area contributed by atoms with E-state index in [2.05, 4.69) is 0 Å². The van der Waals surface area contributed by atoms with Gasteiger partial charge in [-0.1, -0.05) is 18.2 Å². The summed E-state index contributed by atoms with van der Waals surface area (Å²) in [5.41, 5.74) is 2.22. The van der Waals surface area contributed by atoms with Gasteiger partial charge >= 0.3 is 0 Å². The lowest BCUT2D eigenvalue weighted by atomic mass is 10.0. The van der Waals surface area contributed by atoms with Crippen molar-refractivity contribution in [3.63, 3.8) is 0 Å². The SMILES string of the molecule is COc1ccc(C(=O)c2c(C=O)c3ccccc3n2C)cc1. The fourth-order valence-corrected chi connectivity index (χ4v) is 2.70. The first-order chi connectivity index (χ1) is 10.7. The summed E-state index contributed by atoms with van der Waals surface area (Å²) in [4.78, 5) is 24.3. The number of fused-ring (bicyclic) bond motifs is 1. The molecular formula is C18H15NO3. The quantitative estimate of drug-likeness (QED) is 0.548. The zero-order valence-corrected chi connectivity index (χ0v) is 12.4. The molecule has 0 aliphatic rings. The molecular weight excluding hydrogens is 278 g/mol. The number of hydrogen-bond acceptors (Lipinski definition) is 3. The molecule has 4 nitrogen and oxygen atoms in total. The Morgan fingerprint density at radius 1 is 1.09 bits per heavy atom. The van der Waals surface area contributed by atoms with Crippen LogP contribution in [0.15, 0.2) is 48.5 Å². The van der Waals surface area contributed by atoms with Crippen molar-refractivity contribution in [2.45, 2.75) is 0 Å². The van der Waals surface area contributed by atoms with E-state index < -0.39 is 0 Å². The number of hydrogen-bond donors (Lipinski definition) is 0. The van der Waals surface area contributed by atoms with Crippen molar-refractivity contribution in [2.24, 2.45) is 7.05 Å². The van der Waals surface area contributed by atoms with E-state index in [0.717, 1.165) is 17.2 Å². The molecule has 0 amide bonds. The average molecular weight is 293 g/mol. The van der Waals surface area contributed by atoms with E-state index in [4.69, 9.17) is 4.74 Å². The zero-order valence-electron chi connectivity index (χ0n) is 12.4. The molecule has 0 unspecified atom stereocenters. The lowest BCUT2D eigenvalue weighted by molar-refractivity contribution is 0.102. The van der Waals surface area contributed by atoms with Gasteiger partial charge in [-0.15, -0.1) is 0 Å². The van der Waals surface area contributed by atoms with E-state index in [1.165, 1.54) is 0 Å². The van der Waals surface area contributed by atoms with Crippen molar-refractivity contribution in [1.29, 1.82) is 0 Å². The second-order valence-corrected chi connectivity index (χ2v) is 5.01. The standard InChI is InChI=1S/C18H15NO3/c1-19-16-6-4-3-5-14(16)15(11-20)17(19)18(21)12-7-9-13(22-2)10-8-12/h3-11H,1-2H3. The van der Waals surface area contributed by atoms with Gasteiger partial charge in [0.2, 0.25) is 5.78 Å². The van der Waals surface area contributed by atoms with Gasteiger partial charge in [-0.25, -0.2) is 0 Å². The van der Waals surface area contributed by atoms with E-state index in [0.29, 0.717) is 22.6 Å². The van der Waals surface area contributed by atoms with Gasteiger partial charge in [0.1, 0.15) is 11.4 Å². The Kier molecular flexibility index (Phi) is 3.51. The number of carbonyl (C=O) groups is 2. The molecule has 2 aromatic carbocycles. The van der Waals surface area contributed by atoms with E-state index in [9.17, 15) is 9.59 Å². The van der Waals surface area contributed by atoms with Gasteiger partial charge in [0.05, 0.1) is 12.7 Å². The van der Waals surface area contributed by atoms with E-state index >= 15 is 0 Å². The number of aryl methyl sites for hydroxylation is 1. The van der Waals surface area contributed by atoms with Crippen molar-refractivity contribution in [2.75, 3.05) is 7.11 Å². The van der Waals surface area contributed by atoms with Gasteiger partial charge in [-0.3, -0.25) is 9.59 Å². The monoisotopic (exact) mass is 293 g/mol. The number of para-hydroxylation sites is 1. The zero-order chi connectivity index (χ0) is 15.7. The largest absolute Gasteiger partial charge is 0.497 e. The fourth-order valence-electron chi connectivity index (χ4n) is 2.70. The Morgan fingerprint density at radius 2 is 1.77 bits per heavy atom. The lowest BCUT2D eigenvalue weighted by Crippen LogP contribution is -2.09. The van der Waals surface area contributed by atoms with Crippen molar-refractivity contribution < 1.29 is 14.3 Å². The lowest BCUT2D eigenvalue weighted by Gasteiger charge is -2.06. The highest BCUT2D eigenvalue weighted by Gasteiger charge is 2.21.